The van der Waals surface area contributed by atoms with Gasteiger partial charge in [-0.15, -0.1) is 0 Å². The lowest BCUT2D eigenvalue weighted by atomic mass is 10.0. The van der Waals surface area contributed by atoms with Crippen molar-refractivity contribution in [1.29, 1.82) is 0 Å². The molecule has 0 heterocycles. The highest BCUT2D eigenvalue weighted by molar-refractivity contribution is 9.10. The highest BCUT2D eigenvalue weighted by Gasteiger charge is 2.12. The number of rotatable bonds is 4. The van der Waals surface area contributed by atoms with Crippen molar-refractivity contribution < 1.29 is 9.18 Å². The molecule has 0 fully saturated rings. The van der Waals surface area contributed by atoms with Crippen molar-refractivity contribution in [2.45, 2.75) is 19.8 Å². The molecule has 0 amide bonds. The Morgan fingerprint density at radius 1 is 1.53 bits per heavy atom. The number of hydrogen-bond donors (Lipinski definition) is 0. The molecule has 1 rings (SSSR count). The van der Waals surface area contributed by atoms with Crippen LogP contribution in [0.2, 0.25) is 0 Å². The van der Waals surface area contributed by atoms with Crippen LogP contribution in [0.4, 0.5) is 4.39 Å². The Labute approximate surface area is 97.1 Å². The standard InChI is InChI=1S/C12H12BrFO/c1-3-8(2)6-12(15)10-5-4-9(13)7-11(10)14/h4-5,7H,2-3,6H2,1H3. The molecule has 0 aliphatic heterocycles. The second-order valence-corrected chi connectivity index (χ2v) is 4.24. The molecule has 1 nitrogen and oxygen atoms in total. The Hall–Kier alpha value is -0.960. The summed E-state index contributed by atoms with van der Waals surface area (Å²) in [7, 11) is 0. The van der Waals surface area contributed by atoms with Gasteiger partial charge >= 0.3 is 0 Å². The van der Waals surface area contributed by atoms with E-state index in [1.54, 1.807) is 6.07 Å². The van der Waals surface area contributed by atoms with Crippen molar-refractivity contribution >= 4 is 21.7 Å². The SMILES string of the molecule is C=C(CC)CC(=O)c1ccc(Br)cc1F. The molecular weight excluding hydrogens is 259 g/mol. The maximum Gasteiger partial charge on any atom is 0.169 e. The van der Waals surface area contributed by atoms with E-state index in [0.717, 1.165) is 12.0 Å². The van der Waals surface area contributed by atoms with Crippen LogP contribution in [-0.4, -0.2) is 5.78 Å². The summed E-state index contributed by atoms with van der Waals surface area (Å²) in [6.07, 6.45) is 0.957. The van der Waals surface area contributed by atoms with Gasteiger partial charge in [-0.25, -0.2) is 4.39 Å². The van der Waals surface area contributed by atoms with Crippen LogP contribution in [0.5, 0.6) is 0 Å². The van der Waals surface area contributed by atoms with Gasteiger partial charge in [-0.2, -0.15) is 0 Å². The van der Waals surface area contributed by atoms with E-state index in [1.165, 1.54) is 12.1 Å². The summed E-state index contributed by atoms with van der Waals surface area (Å²) in [5.41, 5.74) is 0.954. The van der Waals surface area contributed by atoms with Gasteiger partial charge in [-0.05, 0) is 24.6 Å². The molecule has 0 aliphatic rings. The zero-order chi connectivity index (χ0) is 11.4. The molecule has 0 atom stereocenters. The molecule has 80 valence electrons. The topological polar surface area (TPSA) is 17.1 Å². The van der Waals surface area contributed by atoms with Crippen molar-refractivity contribution in [2.24, 2.45) is 0 Å². The van der Waals surface area contributed by atoms with Crippen LogP contribution in [0.15, 0.2) is 34.8 Å². The van der Waals surface area contributed by atoms with Crippen LogP contribution in [0.25, 0.3) is 0 Å². The zero-order valence-corrected chi connectivity index (χ0v) is 10.1. The molecule has 0 saturated heterocycles. The van der Waals surface area contributed by atoms with E-state index in [4.69, 9.17) is 0 Å². The molecule has 0 spiro atoms. The van der Waals surface area contributed by atoms with Crippen molar-refractivity contribution in [1.82, 2.24) is 0 Å². The zero-order valence-electron chi connectivity index (χ0n) is 8.52. The number of hydrogen-bond acceptors (Lipinski definition) is 1. The largest absolute Gasteiger partial charge is 0.294 e. The van der Waals surface area contributed by atoms with Crippen LogP contribution in [0, 0.1) is 5.82 Å². The van der Waals surface area contributed by atoms with E-state index >= 15 is 0 Å². The van der Waals surface area contributed by atoms with Crippen molar-refractivity contribution in [3.05, 3.63) is 46.2 Å². The lowest BCUT2D eigenvalue weighted by Crippen LogP contribution is -2.03. The maximum atomic E-state index is 13.4. The van der Waals surface area contributed by atoms with Crippen molar-refractivity contribution in [2.75, 3.05) is 0 Å². The third kappa shape index (κ3) is 3.27. The van der Waals surface area contributed by atoms with Gasteiger partial charge in [0.05, 0.1) is 5.56 Å². The lowest BCUT2D eigenvalue weighted by Gasteiger charge is -2.04. The van der Waals surface area contributed by atoms with Gasteiger partial charge in [0, 0.05) is 10.9 Å². The number of benzene rings is 1. The minimum Gasteiger partial charge on any atom is -0.294 e. The first-order chi connectivity index (χ1) is 7.04. The van der Waals surface area contributed by atoms with Crippen LogP contribution in [0.3, 0.4) is 0 Å². The van der Waals surface area contributed by atoms with E-state index in [1.807, 2.05) is 6.92 Å². The van der Waals surface area contributed by atoms with Crippen LogP contribution < -0.4 is 0 Å². The van der Waals surface area contributed by atoms with Gasteiger partial charge in [0.25, 0.3) is 0 Å². The van der Waals surface area contributed by atoms with Crippen molar-refractivity contribution in [3.63, 3.8) is 0 Å². The molecule has 3 heteroatoms. The molecule has 1 aromatic carbocycles. The molecular formula is C12H12BrFO. The smallest absolute Gasteiger partial charge is 0.169 e. The fraction of sp³-hybridized carbons (Fsp3) is 0.250. The maximum absolute atomic E-state index is 13.4. The first-order valence-corrected chi connectivity index (χ1v) is 5.48. The van der Waals surface area contributed by atoms with Gasteiger partial charge in [-0.3, -0.25) is 4.79 Å². The third-order valence-corrected chi connectivity index (χ3v) is 2.64. The predicted octanol–water partition coefficient (Wildman–Crippen LogP) is 4.13. The Morgan fingerprint density at radius 2 is 2.20 bits per heavy atom. The third-order valence-electron chi connectivity index (χ3n) is 2.14. The average molecular weight is 271 g/mol. The van der Waals surface area contributed by atoms with E-state index in [0.29, 0.717) is 4.47 Å². The van der Waals surface area contributed by atoms with E-state index in [-0.39, 0.29) is 17.8 Å². The summed E-state index contributed by atoms with van der Waals surface area (Å²) >= 11 is 3.14. The van der Waals surface area contributed by atoms with Crippen LogP contribution >= 0.6 is 15.9 Å². The second-order valence-electron chi connectivity index (χ2n) is 3.33. The molecule has 0 aromatic heterocycles. The number of halogens is 2. The molecule has 15 heavy (non-hydrogen) atoms. The Kier molecular flexibility index (Phi) is 4.21. The summed E-state index contributed by atoms with van der Waals surface area (Å²) in [6.45, 7) is 5.66. The molecule has 1 aromatic rings. The Morgan fingerprint density at radius 3 is 2.73 bits per heavy atom. The molecule has 0 bridgehead atoms. The average Bonchev–Trinajstić information content (AvgIpc) is 2.17. The Bertz CT molecular complexity index is 399. The molecule has 0 saturated carbocycles. The number of Topliss-reactive ketones (excluding diaryl/α,β-unsaturated/α-hetero) is 1. The minimum absolute atomic E-state index is 0.132. The second kappa shape index (κ2) is 5.21. The van der Waals surface area contributed by atoms with Gasteiger partial charge in [0.15, 0.2) is 5.78 Å². The van der Waals surface area contributed by atoms with Gasteiger partial charge in [0.2, 0.25) is 0 Å². The highest BCUT2D eigenvalue weighted by atomic mass is 79.9. The first kappa shape index (κ1) is 12.1. The fourth-order valence-corrected chi connectivity index (χ4v) is 1.50. The van der Waals surface area contributed by atoms with Crippen molar-refractivity contribution in [3.8, 4) is 0 Å². The van der Waals surface area contributed by atoms with Gasteiger partial charge < -0.3 is 0 Å². The normalized spacial score (nSPS) is 10.1. The minimum atomic E-state index is -0.488. The quantitative estimate of drug-likeness (QED) is 0.594. The summed E-state index contributed by atoms with van der Waals surface area (Å²) in [5.74, 6) is -0.704. The van der Waals surface area contributed by atoms with Gasteiger partial charge in [-0.1, -0.05) is 35.0 Å². The van der Waals surface area contributed by atoms with Gasteiger partial charge in [0.1, 0.15) is 5.82 Å². The predicted molar refractivity (Wildman–Crippen MR) is 62.5 cm³/mol. The Balaban J connectivity index is 2.87. The summed E-state index contributed by atoms with van der Waals surface area (Å²) in [5, 5.41) is 0. The monoisotopic (exact) mass is 270 g/mol. The first-order valence-electron chi connectivity index (χ1n) is 4.69. The van der Waals surface area contributed by atoms with Crippen LogP contribution in [-0.2, 0) is 0 Å². The number of carbonyl (C=O) groups is 1. The molecule has 0 N–H and O–H groups in total. The van der Waals surface area contributed by atoms with E-state index < -0.39 is 5.82 Å². The van der Waals surface area contributed by atoms with E-state index in [9.17, 15) is 9.18 Å². The molecule has 0 unspecified atom stereocenters. The molecule has 0 radical (unpaired) electrons. The number of carbonyl (C=O) groups excluding carboxylic acids is 1. The molecule has 0 aliphatic carbocycles. The lowest BCUT2D eigenvalue weighted by molar-refractivity contribution is 0.0988. The number of allylic oxidation sites excluding steroid dienone is 1. The summed E-state index contributed by atoms with van der Waals surface area (Å²) in [6, 6.07) is 4.44. The summed E-state index contributed by atoms with van der Waals surface area (Å²) < 4.78 is 14.0. The van der Waals surface area contributed by atoms with Crippen LogP contribution in [0.1, 0.15) is 30.1 Å². The fourth-order valence-electron chi connectivity index (χ4n) is 1.16. The summed E-state index contributed by atoms with van der Waals surface area (Å²) in [4.78, 5) is 11.6. The van der Waals surface area contributed by atoms with E-state index in [2.05, 4.69) is 22.5 Å². The highest BCUT2D eigenvalue weighted by Crippen LogP contribution is 2.18. The number of ketones is 1.